The third kappa shape index (κ3) is 2.00. The number of methoxy groups -OCH3 is 1. The second kappa shape index (κ2) is 3.63. The van der Waals surface area contributed by atoms with Gasteiger partial charge in [0, 0.05) is 6.20 Å². The first-order valence-corrected chi connectivity index (χ1v) is 3.74. The van der Waals surface area contributed by atoms with Gasteiger partial charge in [0.25, 0.3) is 0 Å². The lowest BCUT2D eigenvalue weighted by atomic mass is 10.2. The van der Waals surface area contributed by atoms with Crippen LogP contribution in [0.4, 0.5) is 22.0 Å². The van der Waals surface area contributed by atoms with Crippen LogP contribution < -0.4 is 4.74 Å². The Morgan fingerprint density at radius 2 is 1.80 bits per heavy atom. The number of hydrogen-bond acceptors (Lipinski definition) is 2. The molecule has 0 atom stereocenters. The SMILES string of the molecule is COc1cccnc1C(F)(F)C(F)(F)F. The highest BCUT2D eigenvalue weighted by Crippen LogP contribution is 2.45. The normalized spacial score (nSPS) is 12.7. The highest BCUT2D eigenvalue weighted by molar-refractivity contribution is 5.31. The summed E-state index contributed by atoms with van der Waals surface area (Å²) in [5.74, 6) is -5.61. The summed E-state index contributed by atoms with van der Waals surface area (Å²) in [6.45, 7) is 0. The van der Waals surface area contributed by atoms with E-state index in [0.717, 1.165) is 19.4 Å². The minimum atomic E-state index is -5.69. The van der Waals surface area contributed by atoms with Crippen molar-refractivity contribution in [2.45, 2.75) is 12.1 Å². The van der Waals surface area contributed by atoms with Gasteiger partial charge in [0.2, 0.25) is 0 Å². The molecule has 1 aromatic rings. The van der Waals surface area contributed by atoms with Crippen molar-refractivity contribution in [3.8, 4) is 5.75 Å². The molecule has 0 fully saturated rings. The minimum Gasteiger partial charge on any atom is -0.495 e. The summed E-state index contributed by atoms with van der Waals surface area (Å²) < 4.78 is 66.0. The van der Waals surface area contributed by atoms with Crippen LogP contribution in [0.1, 0.15) is 5.69 Å². The third-order valence-corrected chi connectivity index (χ3v) is 1.64. The third-order valence-electron chi connectivity index (χ3n) is 1.64. The average Bonchev–Trinajstić information content (AvgIpc) is 2.16. The molecule has 1 aromatic heterocycles. The lowest BCUT2D eigenvalue weighted by Crippen LogP contribution is -2.34. The fraction of sp³-hybridized carbons (Fsp3) is 0.375. The Balaban J connectivity index is 3.26. The molecule has 0 saturated carbocycles. The maximum atomic E-state index is 12.8. The Morgan fingerprint density at radius 1 is 1.20 bits per heavy atom. The van der Waals surface area contributed by atoms with Gasteiger partial charge in [-0.05, 0) is 12.1 Å². The van der Waals surface area contributed by atoms with Gasteiger partial charge in [-0.15, -0.1) is 0 Å². The summed E-state index contributed by atoms with van der Waals surface area (Å²) in [5.41, 5.74) is -1.43. The van der Waals surface area contributed by atoms with E-state index in [1.807, 2.05) is 0 Å². The molecule has 15 heavy (non-hydrogen) atoms. The first kappa shape index (κ1) is 11.7. The summed E-state index contributed by atoms with van der Waals surface area (Å²) in [4.78, 5) is 2.99. The van der Waals surface area contributed by atoms with Crippen LogP contribution in [-0.2, 0) is 5.92 Å². The molecule has 0 saturated heterocycles. The highest BCUT2D eigenvalue weighted by atomic mass is 19.4. The van der Waals surface area contributed by atoms with Crippen LogP contribution >= 0.6 is 0 Å². The largest absolute Gasteiger partial charge is 0.495 e. The van der Waals surface area contributed by atoms with E-state index in [1.165, 1.54) is 6.07 Å². The molecule has 1 rings (SSSR count). The van der Waals surface area contributed by atoms with Crippen molar-refractivity contribution < 1.29 is 26.7 Å². The lowest BCUT2D eigenvalue weighted by Gasteiger charge is -2.20. The first-order chi connectivity index (χ1) is 6.80. The minimum absolute atomic E-state index is 0.597. The van der Waals surface area contributed by atoms with Gasteiger partial charge in [-0.2, -0.15) is 22.0 Å². The van der Waals surface area contributed by atoms with Crippen LogP contribution in [0.2, 0.25) is 0 Å². The molecule has 0 bridgehead atoms. The summed E-state index contributed by atoms with van der Waals surface area (Å²) >= 11 is 0. The Labute approximate surface area is 81.7 Å². The first-order valence-electron chi connectivity index (χ1n) is 3.74. The molecule has 7 heteroatoms. The summed E-state index contributed by atoms with van der Waals surface area (Å²) in [6, 6.07) is 2.19. The van der Waals surface area contributed by atoms with E-state index in [4.69, 9.17) is 0 Å². The lowest BCUT2D eigenvalue weighted by molar-refractivity contribution is -0.291. The molecular weight excluding hydrogens is 221 g/mol. The van der Waals surface area contributed by atoms with Gasteiger partial charge in [-0.1, -0.05) is 0 Å². The van der Waals surface area contributed by atoms with Gasteiger partial charge in [0.05, 0.1) is 7.11 Å². The number of rotatable bonds is 2. The van der Waals surface area contributed by atoms with Crippen molar-refractivity contribution in [1.82, 2.24) is 4.98 Å². The molecule has 84 valence electrons. The number of hydrogen-bond donors (Lipinski definition) is 0. The Kier molecular flexibility index (Phi) is 2.83. The predicted molar refractivity (Wildman–Crippen MR) is 40.7 cm³/mol. The van der Waals surface area contributed by atoms with Crippen molar-refractivity contribution in [3.05, 3.63) is 24.0 Å². The maximum Gasteiger partial charge on any atom is 0.459 e. The summed E-state index contributed by atoms with van der Waals surface area (Å²) in [7, 11) is 0.993. The zero-order chi connectivity index (χ0) is 11.7. The maximum absolute atomic E-state index is 12.8. The topological polar surface area (TPSA) is 22.1 Å². The van der Waals surface area contributed by atoms with Crippen molar-refractivity contribution in [3.63, 3.8) is 0 Å². The van der Waals surface area contributed by atoms with Crippen molar-refractivity contribution in [1.29, 1.82) is 0 Å². The molecule has 0 unspecified atom stereocenters. The van der Waals surface area contributed by atoms with Crippen molar-refractivity contribution in [2.75, 3.05) is 7.11 Å². The molecule has 0 N–H and O–H groups in total. The molecule has 0 spiro atoms. The molecule has 0 aromatic carbocycles. The second-order valence-electron chi connectivity index (χ2n) is 2.63. The smallest absolute Gasteiger partial charge is 0.459 e. The Hall–Kier alpha value is -1.40. The molecule has 0 aliphatic rings. The van der Waals surface area contributed by atoms with E-state index in [1.54, 1.807) is 0 Å². The van der Waals surface area contributed by atoms with Gasteiger partial charge in [-0.3, -0.25) is 4.98 Å². The zero-order valence-electron chi connectivity index (χ0n) is 7.48. The van der Waals surface area contributed by atoms with Gasteiger partial charge < -0.3 is 4.74 Å². The molecule has 2 nitrogen and oxygen atoms in total. The number of aromatic nitrogens is 1. The standard InChI is InChI=1S/C8H6F5NO/c1-15-5-3-2-4-14-6(5)7(9,10)8(11,12)13/h2-4H,1H3. The van der Waals surface area contributed by atoms with Gasteiger partial charge in [0.15, 0.2) is 5.69 Å². The number of alkyl halides is 5. The molecule has 1 heterocycles. The summed E-state index contributed by atoms with van der Waals surface area (Å²) in [5, 5.41) is 0. The van der Waals surface area contributed by atoms with E-state index in [0.29, 0.717) is 0 Å². The zero-order valence-corrected chi connectivity index (χ0v) is 7.48. The van der Waals surface area contributed by atoms with Crippen LogP contribution in [0.5, 0.6) is 5.75 Å². The van der Waals surface area contributed by atoms with Gasteiger partial charge in [0.1, 0.15) is 5.75 Å². The molecule has 0 aliphatic carbocycles. The molecular formula is C8H6F5NO. The van der Waals surface area contributed by atoms with E-state index in [9.17, 15) is 22.0 Å². The van der Waals surface area contributed by atoms with Crippen LogP contribution in [-0.4, -0.2) is 18.3 Å². The summed E-state index contributed by atoms with van der Waals surface area (Å²) in [6.07, 6.45) is -4.84. The van der Waals surface area contributed by atoms with Crippen molar-refractivity contribution in [2.24, 2.45) is 0 Å². The number of ether oxygens (including phenoxy) is 1. The van der Waals surface area contributed by atoms with Gasteiger partial charge >= 0.3 is 12.1 Å². The van der Waals surface area contributed by atoms with E-state index in [-0.39, 0.29) is 0 Å². The quantitative estimate of drug-likeness (QED) is 0.724. The number of nitrogens with zero attached hydrogens (tertiary/aromatic N) is 1. The van der Waals surface area contributed by atoms with Crippen LogP contribution in [0.25, 0.3) is 0 Å². The Morgan fingerprint density at radius 3 is 2.27 bits per heavy atom. The number of halogens is 5. The number of pyridine rings is 1. The predicted octanol–water partition coefficient (Wildman–Crippen LogP) is 2.74. The molecule has 0 amide bonds. The van der Waals surface area contributed by atoms with Gasteiger partial charge in [-0.25, -0.2) is 0 Å². The highest BCUT2D eigenvalue weighted by Gasteiger charge is 2.61. The average molecular weight is 227 g/mol. The van der Waals surface area contributed by atoms with E-state index in [2.05, 4.69) is 9.72 Å². The van der Waals surface area contributed by atoms with Crippen LogP contribution in [0, 0.1) is 0 Å². The fourth-order valence-electron chi connectivity index (χ4n) is 0.925. The van der Waals surface area contributed by atoms with Crippen LogP contribution in [0.3, 0.4) is 0 Å². The van der Waals surface area contributed by atoms with E-state index < -0.39 is 23.5 Å². The van der Waals surface area contributed by atoms with Crippen molar-refractivity contribution >= 4 is 0 Å². The fourth-order valence-corrected chi connectivity index (χ4v) is 0.925. The molecule has 0 aliphatic heterocycles. The second-order valence-corrected chi connectivity index (χ2v) is 2.63. The van der Waals surface area contributed by atoms with E-state index >= 15 is 0 Å². The Bertz CT molecular complexity index is 349. The monoisotopic (exact) mass is 227 g/mol. The van der Waals surface area contributed by atoms with Crippen LogP contribution in [0.15, 0.2) is 18.3 Å². The molecule has 0 radical (unpaired) electrons.